The molecule has 1 aromatic rings. The molecule has 6 heteroatoms. The molecule has 0 spiro atoms. The third-order valence-corrected chi connectivity index (χ3v) is 2.64. The lowest BCUT2D eigenvalue weighted by molar-refractivity contribution is 0.0658. The van der Waals surface area contributed by atoms with E-state index in [-0.39, 0.29) is 11.9 Å². The molecule has 86 valence electrons. The van der Waals surface area contributed by atoms with Crippen molar-refractivity contribution in [2.45, 2.75) is 0 Å². The highest BCUT2D eigenvalue weighted by molar-refractivity contribution is 5.91. The maximum Gasteiger partial charge on any atom is 0.289 e. The van der Waals surface area contributed by atoms with E-state index in [2.05, 4.69) is 0 Å². The second-order valence-electron chi connectivity index (χ2n) is 3.64. The number of carbonyl (C=O) groups excluding carboxylic acids is 1. The summed E-state index contributed by atoms with van der Waals surface area (Å²) in [5, 5.41) is 7.28. The Balaban J connectivity index is 1.94. The zero-order valence-corrected chi connectivity index (χ0v) is 8.85. The summed E-state index contributed by atoms with van der Waals surface area (Å²) in [5.74, 6) is 0.314. The van der Waals surface area contributed by atoms with Gasteiger partial charge in [-0.1, -0.05) is 0 Å². The third-order valence-electron chi connectivity index (χ3n) is 2.64. The van der Waals surface area contributed by atoms with E-state index in [1.165, 1.54) is 6.26 Å². The predicted octanol–water partition coefficient (Wildman–Crippen LogP) is -0.0691. The van der Waals surface area contributed by atoms with Crippen molar-refractivity contribution < 1.29 is 9.21 Å². The molecule has 1 aliphatic heterocycles. The van der Waals surface area contributed by atoms with E-state index in [1.54, 1.807) is 21.9 Å². The Hall–Kier alpha value is -1.98. The number of hydrogen-bond acceptors (Lipinski definition) is 3. The van der Waals surface area contributed by atoms with Gasteiger partial charge in [-0.15, -0.1) is 0 Å². The maximum atomic E-state index is 11.9. The molecule has 2 heterocycles. The summed E-state index contributed by atoms with van der Waals surface area (Å²) < 4.78 is 5.05. The number of furan rings is 1. The van der Waals surface area contributed by atoms with E-state index in [9.17, 15) is 4.79 Å². The standard InChI is InChI=1S/C10H14N4O2/c11-10(12)14-5-3-13(4-6-14)9(15)8-2-1-7-16-8/h1-2,7H,3-6H2,(H3,11,12). The Morgan fingerprint density at radius 1 is 1.31 bits per heavy atom. The van der Waals surface area contributed by atoms with Crippen LogP contribution in [0.15, 0.2) is 22.8 Å². The van der Waals surface area contributed by atoms with Gasteiger partial charge in [-0.25, -0.2) is 0 Å². The van der Waals surface area contributed by atoms with E-state index in [4.69, 9.17) is 15.6 Å². The highest BCUT2D eigenvalue weighted by Gasteiger charge is 2.23. The van der Waals surface area contributed by atoms with Crippen LogP contribution >= 0.6 is 0 Å². The third kappa shape index (κ3) is 2.00. The number of rotatable bonds is 1. The topological polar surface area (TPSA) is 86.6 Å². The molecular weight excluding hydrogens is 208 g/mol. The van der Waals surface area contributed by atoms with Gasteiger partial charge in [0.1, 0.15) is 0 Å². The Morgan fingerprint density at radius 3 is 2.44 bits per heavy atom. The minimum atomic E-state index is -0.104. The lowest BCUT2D eigenvalue weighted by Crippen LogP contribution is -2.52. The van der Waals surface area contributed by atoms with Crippen LogP contribution in [0.3, 0.4) is 0 Å². The molecule has 1 saturated heterocycles. The Bertz CT molecular complexity index is 380. The van der Waals surface area contributed by atoms with E-state index >= 15 is 0 Å². The quantitative estimate of drug-likeness (QED) is 0.514. The Morgan fingerprint density at radius 2 is 1.94 bits per heavy atom. The first-order valence-corrected chi connectivity index (χ1v) is 5.10. The molecule has 1 aromatic heterocycles. The molecule has 16 heavy (non-hydrogen) atoms. The van der Waals surface area contributed by atoms with Gasteiger partial charge in [0.25, 0.3) is 5.91 Å². The lowest BCUT2D eigenvalue weighted by Gasteiger charge is -2.34. The smallest absolute Gasteiger partial charge is 0.289 e. The molecule has 0 aliphatic carbocycles. The molecule has 0 saturated carbocycles. The average molecular weight is 222 g/mol. The number of nitrogens with one attached hydrogen (secondary N) is 1. The van der Waals surface area contributed by atoms with Crippen molar-refractivity contribution in [3.05, 3.63) is 24.2 Å². The van der Waals surface area contributed by atoms with E-state index in [0.717, 1.165) is 0 Å². The first-order chi connectivity index (χ1) is 7.68. The van der Waals surface area contributed by atoms with Gasteiger partial charge < -0.3 is 20.0 Å². The number of piperazine rings is 1. The molecule has 0 atom stereocenters. The van der Waals surface area contributed by atoms with Crippen LogP contribution in [0, 0.1) is 5.41 Å². The van der Waals surface area contributed by atoms with Gasteiger partial charge in [0.05, 0.1) is 6.26 Å². The Labute approximate surface area is 93.1 Å². The zero-order valence-electron chi connectivity index (χ0n) is 8.85. The average Bonchev–Trinajstić information content (AvgIpc) is 2.81. The van der Waals surface area contributed by atoms with Crippen LogP contribution in [0.2, 0.25) is 0 Å². The van der Waals surface area contributed by atoms with Gasteiger partial charge in [0.15, 0.2) is 11.7 Å². The summed E-state index contributed by atoms with van der Waals surface area (Å²) in [5.41, 5.74) is 5.37. The number of nitrogens with two attached hydrogens (primary N) is 1. The summed E-state index contributed by atoms with van der Waals surface area (Å²) in [4.78, 5) is 15.3. The second-order valence-corrected chi connectivity index (χ2v) is 3.64. The number of hydrogen-bond donors (Lipinski definition) is 2. The molecule has 1 aliphatic rings. The van der Waals surface area contributed by atoms with Crippen molar-refractivity contribution >= 4 is 11.9 Å². The van der Waals surface area contributed by atoms with Crippen LogP contribution in [0.1, 0.15) is 10.6 Å². The summed E-state index contributed by atoms with van der Waals surface area (Å²) in [7, 11) is 0. The molecule has 2 rings (SSSR count). The van der Waals surface area contributed by atoms with Crippen molar-refractivity contribution in [2.75, 3.05) is 26.2 Å². The number of guanidine groups is 1. The van der Waals surface area contributed by atoms with E-state index < -0.39 is 0 Å². The number of amides is 1. The summed E-state index contributed by atoms with van der Waals surface area (Å²) >= 11 is 0. The monoisotopic (exact) mass is 222 g/mol. The fourth-order valence-electron chi connectivity index (χ4n) is 1.71. The predicted molar refractivity (Wildman–Crippen MR) is 58.1 cm³/mol. The van der Waals surface area contributed by atoms with Crippen LogP contribution in [-0.4, -0.2) is 47.8 Å². The molecule has 0 unspecified atom stereocenters. The van der Waals surface area contributed by atoms with Gasteiger partial charge in [-0.2, -0.15) is 0 Å². The van der Waals surface area contributed by atoms with E-state index in [1.807, 2.05) is 0 Å². The fourth-order valence-corrected chi connectivity index (χ4v) is 1.71. The number of carbonyl (C=O) groups is 1. The molecular formula is C10H14N4O2. The minimum absolute atomic E-state index is 0.0603. The molecule has 1 amide bonds. The Kier molecular flexibility index (Phi) is 2.80. The SMILES string of the molecule is N=C(N)N1CCN(C(=O)c2ccco2)CC1. The first kappa shape index (κ1) is 10.5. The van der Waals surface area contributed by atoms with Crippen molar-refractivity contribution in [1.29, 1.82) is 5.41 Å². The van der Waals surface area contributed by atoms with Gasteiger partial charge in [0, 0.05) is 26.2 Å². The molecule has 1 fully saturated rings. The van der Waals surface area contributed by atoms with Crippen LogP contribution in [0.25, 0.3) is 0 Å². The largest absolute Gasteiger partial charge is 0.459 e. The van der Waals surface area contributed by atoms with Crippen molar-refractivity contribution in [3.8, 4) is 0 Å². The van der Waals surface area contributed by atoms with Crippen LogP contribution in [0.4, 0.5) is 0 Å². The highest BCUT2D eigenvalue weighted by atomic mass is 16.3. The van der Waals surface area contributed by atoms with Crippen molar-refractivity contribution in [2.24, 2.45) is 5.73 Å². The van der Waals surface area contributed by atoms with Crippen LogP contribution < -0.4 is 5.73 Å². The van der Waals surface area contributed by atoms with Crippen LogP contribution in [0.5, 0.6) is 0 Å². The summed E-state index contributed by atoms with van der Waals surface area (Å²) in [6, 6.07) is 3.35. The molecule has 6 nitrogen and oxygen atoms in total. The molecule has 3 N–H and O–H groups in total. The van der Waals surface area contributed by atoms with Gasteiger partial charge >= 0.3 is 0 Å². The minimum Gasteiger partial charge on any atom is -0.459 e. The summed E-state index contributed by atoms with van der Waals surface area (Å²) in [6.45, 7) is 2.34. The lowest BCUT2D eigenvalue weighted by atomic mass is 10.3. The van der Waals surface area contributed by atoms with Crippen molar-refractivity contribution in [3.63, 3.8) is 0 Å². The highest BCUT2D eigenvalue weighted by Crippen LogP contribution is 2.08. The van der Waals surface area contributed by atoms with Gasteiger partial charge in [0.2, 0.25) is 0 Å². The van der Waals surface area contributed by atoms with Crippen LogP contribution in [-0.2, 0) is 0 Å². The fraction of sp³-hybridized carbons (Fsp3) is 0.400. The summed E-state index contributed by atoms with van der Waals surface area (Å²) in [6.07, 6.45) is 1.49. The van der Waals surface area contributed by atoms with Gasteiger partial charge in [-0.3, -0.25) is 10.2 Å². The maximum absolute atomic E-state index is 11.9. The molecule has 0 radical (unpaired) electrons. The first-order valence-electron chi connectivity index (χ1n) is 5.10. The number of nitrogens with zero attached hydrogens (tertiary/aromatic N) is 2. The zero-order chi connectivity index (χ0) is 11.5. The molecule has 0 aromatic carbocycles. The van der Waals surface area contributed by atoms with Crippen molar-refractivity contribution in [1.82, 2.24) is 9.80 Å². The van der Waals surface area contributed by atoms with Gasteiger partial charge in [-0.05, 0) is 12.1 Å². The normalized spacial score (nSPS) is 16.2. The van der Waals surface area contributed by atoms with E-state index in [0.29, 0.717) is 31.9 Å². The second kappa shape index (κ2) is 4.26. The molecule has 0 bridgehead atoms.